The van der Waals surface area contributed by atoms with Crippen molar-refractivity contribution in [3.05, 3.63) is 28.4 Å². The molecule has 0 saturated carbocycles. The summed E-state index contributed by atoms with van der Waals surface area (Å²) in [6.45, 7) is 1.87. The SMILES string of the molecule is Cc1ccn(C2CCC(COP(O)O)O2)c(=O)n1. The highest BCUT2D eigenvalue weighted by molar-refractivity contribution is 7.39. The molecule has 1 saturated heterocycles. The van der Waals surface area contributed by atoms with E-state index in [0.717, 1.165) is 0 Å². The summed E-state index contributed by atoms with van der Waals surface area (Å²) in [5, 5.41) is 0. The lowest BCUT2D eigenvalue weighted by atomic mass is 10.2. The molecule has 0 bridgehead atoms. The van der Waals surface area contributed by atoms with E-state index in [2.05, 4.69) is 4.98 Å². The van der Waals surface area contributed by atoms with Gasteiger partial charge in [-0.25, -0.2) is 4.79 Å². The van der Waals surface area contributed by atoms with Gasteiger partial charge in [-0.3, -0.25) is 4.57 Å². The lowest BCUT2D eigenvalue weighted by Gasteiger charge is -2.15. The molecule has 1 fully saturated rings. The molecule has 0 aromatic carbocycles. The van der Waals surface area contributed by atoms with E-state index in [1.807, 2.05) is 0 Å². The molecule has 1 aliphatic rings. The average molecular weight is 274 g/mol. The van der Waals surface area contributed by atoms with Gasteiger partial charge in [0.15, 0.2) is 0 Å². The van der Waals surface area contributed by atoms with Crippen LogP contribution in [0.4, 0.5) is 0 Å². The first-order chi connectivity index (χ1) is 8.56. The summed E-state index contributed by atoms with van der Waals surface area (Å²) in [5.41, 5.74) is 0.327. The minimum absolute atomic E-state index is 0.114. The van der Waals surface area contributed by atoms with E-state index in [0.29, 0.717) is 18.5 Å². The molecule has 2 atom stereocenters. The van der Waals surface area contributed by atoms with E-state index in [1.165, 1.54) is 4.57 Å². The van der Waals surface area contributed by atoms with Gasteiger partial charge in [-0.15, -0.1) is 0 Å². The van der Waals surface area contributed by atoms with Crippen LogP contribution >= 0.6 is 8.60 Å². The fraction of sp³-hybridized carbons (Fsp3) is 0.600. The molecule has 2 unspecified atom stereocenters. The fourth-order valence-corrected chi connectivity index (χ4v) is 2.18. The number of aryl methyl sites for hydroxylation is 1. The maximum absolute atomic E-state index is 11.7. The smallest absolute Gasteiger partial charge is 0.349 e. The molecule has 0 spiro atoms. The van der Waals surface area contributed by atoms with Crippen molar-refractivity contribution >= 4 is 8.60 Å². The van der Waals surface area contributed by atoms with Crippen LogP contribution in [0.25, 0.3) is 0 Å². The zero-order chi connectivity index (χ0) is 13.1. The molecule has 8 heteroatoms. The third-order valence-electron chi connectivity index (χ3n) is 2.74. The standard InChI is InChI=1S/C10H15N2O5P/c1-7-4-5-12(10(13)11-7)9-3-2-8(17-9)6-16-18(14)15/h4-5,8-9,14-15H,2-3,6H2,1H3. The van der Waals surface area contributed by atoms with Crippen LogP contribution in [0.3, 0.4) is 0 Å². The van der Waals surface area contributed by atoms with E-state index >= 15 is 0 Å². The summed E-state index contributed by atoms with van der Waals surface area (Å²) >= 11 is 0. The normalized spacial score (nSPS) is 23.8. The number of rotatable bonds is 4. The second-order valence-electron chi connectivity index (χ2n) is 4.10. The lowest BCUT2D eigenvalue weighted by Crippen LogP contribution is -2.27. The second-order valence-corrected chi connectivity index (χ2v) is 4.86. The quantitative estimate of drug-likeness (QED) is 0.774. The van der Waals surface area contributed by atoms with Crippen LogP contribution < -0.4 is 5.69 Å². The number of hydrogen-bond donors (Lipinski definition) is 2. The van der Waals surface area contributed by atoms with Crippen LogP contribution in [0, 0.1) is 6.92 Å². The van der Waals surface area contributed by atoms with Gasteiger partial charge in [0.25, 0.3) is 0 Å². The van der Waals surface area contributed by atoms with Crippen LogP contribution in [0.15, 0.2) is 17.1 Å². The Kier molecular flexibility index (Phi) is 4.42. The van der Waals surface area contributed by atoms with Crippen LogP contribution in [0.1, 0.15) is 24.8 Å². The number of ether oxygens (including phenoxy) is 1. The molecule has 0 radical (unpaired) electrons. The second kappa shape index (κ2) is 5.86. The molecule has 1 aromatic rings. The van der Waals surface area contributed by atoms with Gasteiger partial charge in [-0.05, 0) is 25.8 Å². The molecule has 2 N–H and O–H groups in total. The fourth-order valence-electron chi connectivity index (χ4n) is 1.88. The van der Waals surface area contributed by atoms with Crippen molar-refractivity contribution in [3.8, 4) is 0 Å². The number of hydrogen-bond acceptors (Lipinski definition) is 6. The highest BCUT2D eigenvalue weighted by atomic mass is 31.2. The Hall–Kier alpha value is -0.850. The Bertz CT molecular complexity index is 464. The van der Waals surface area contributed by atoms with Crippen LogP contribution in [0.2, 0.25) is 0 Å². The molecular weight excluding hydrogens is 259 g/mol. The monoisotopic (exact) mass is 274 g/mol. The summed E-state index contributed by atoms with van der Waals surface area (Å²) in [6.07, 6.45) is 2.45. The van der Waals surface area contributed by atoms with Crippen LogP contribution in [-0.4, -0.2) is 32.0 Å². The first-order valence-corrected chi connectivity index (χ1v) is 6.75. The Morgan fingerprint density at radius 1 is 1.61 bits per heavy atom. The van der Waals surface area contributed by atoms with E-state index in [1.54, 1.807) is 19.2 Å². The molecule has 2 heterocycles. The topological polar surface area (TPSA) is 93.8 Å². The number of aromatic nitrogens is 2. The summed E-state index contributed by atoms with van der Waals surface area (Å²) < 4.78 is 11.8. The molecule has 0 aliphatic carbocycles. The first-order valence-electron chi connectivity index (χ1n) is 5.58. The Balaban J connectivity index is 1.98. The Labute approximate surface area is 105 Å². The predicted octanol–water partition coefficient (Wildman–Crippen LogP) is 0.457. The van der Waals surface area contributed by atoms with Crippen molar-refractivity contribution in [3.63, 3.8) is 0 Å². The van der Waals surface area contributed by atoms with Crippen LogP contribution in [0.5, 0.6) is 0 Å². The van der Waals surface area contributed by atoms with Crippen molar-refractivity contribution in [2.75, 3.05) is 6.61 Å². The van der Waals surface area contributed by atoms with Crippen molar-refractivity contribution in [1.29, 1.82) is 0 Å². The highest BCUT2D eigenvalue weighted by Gasteiger charge is 2.28. The minimum Gasteiger partial charge on any atom is -0.352 e. The van der Waals surface area contributed by atoms with E-state index in [9.17, 15) is 4.79 Å². The van der Waals surface area contributed by atoms with Crippen molar-refractivity contribution < 1.29 is 19.0 Å². The molecule has 1 aliphatic heterocycles. The zero-order valence-electron chi connectivity index (χ0n) is 9.89. The van der Waals surface area contributed by atoms with E-state index < -0.39 is 8.60 Å². The molecule has 1 aromatic heterocycles. The highest BCUT2D eigenvalue weighted by Crippen LogP contribution is 2.31. The first kappa shape index (κ1) is 13.6. The van der Waals surface area contributed by atoms with Crippen molar-refractivity contribution in [2.24, 2.45) is 0 Å². The van der Waals surface area contributed by atoms with Gasteiger partial charge in [0.1, 0.15) is 6.23 Å². The molecule has 18 heavy (non-hydrogen) atoms. The Morgan fingerprint density at radius 3 is 3.06 bits per heavy atom. The molecule has 100 valence electrons. The van der Waals surface area contributed by atoms with Gasteiger partial charge in [0.2, 0.25) is 0 Å². The maximum atomic E-state index is 11.7. The average Bonchev–Trinajstić information content (AvgIpc) is 2.75. The Morgan fingerprint density at radius 2 is 2.39 bits per heavy atom. The van der Waals surface area contributed by atoms with E-state index in [4.69, 9.17) is 19.0 Å². The van der Waals surface area contributed by atoms with Gasteiger partial charge in [0.05, 0.1) is 12.7 Å². The summed E-state index contributed by atoms with van der Waals surface area (Å²) in [5.74, 6) is 0. The van der Waals surface area contributed by atoms with Crippen molar-refractivity contribution in [2.45, 2.75) is 32.1 Å². The van der Waals surface area contributed by atoms with E-state index in [-0.39, 0.29) is 24.6 Å². The number of nitrogens with zero attached hydrogens (tertiary/aromatic N) is 2. The maximum Gasteiger partial charge on any atom is 0.349 e. The zero-order valence-corrected chi connectivity index (χ0v) is 10.8. The summed E-state index contributed by atoms with van der Waals surface area (Å²) in [7, 11) is -2.36. The molecule has 2 rings (SSSR count). The van der Waals surface area contributed by atoms with Gasteiger partial charge < -0.3 is 19.0 Å². The van der Waals surface area contributed by atoms with Gasteiger partial charge in [0, 0.05) is 11.9 Å². The third kappa shape index (κ3) is 3.34. The van der Waals surface area contributed by atoms with Gasteiger partial charge in [-0.1, -0.05) is 0 Å². The molecule has 0 amide bonds. The summed E-state index contributed by atoms with van der Waals surface area (Å²) in [6, 6.07) is 1.75. The van der Waals surface area contributed by atoms with Crippen molar-refractivity contribution in [1.82, 2.24) is 9.55 Å². The van der Waals surface area contributed by atoms with Gasteiger partial charge in [-0.2, -0.15) is 4.98 Å². The van der Waals surface area contributed by atoms with Gasteiger partial charge >= 0.3 is 14.3 Å². The minimum atomic E-state index is -2.36. The van der Waals surface area contributed by atoms with Crippen LogP contribution in [-0.2, 0) is 9.26 Å². The third-order valence-corrected chi connectivity index (χ3v) is 3.12. The molecular formula is C10H15N2O5P. The molecule has 7 nitrogen and oxygen atoms in total. The summed E-state index contributed by atoms with van der Waals surface area (Å²) in [4.78, 5) is 32.8. The predicted molar refractivity (Wildman–Crippen MR) is 63.7 cm³/mol. The largest absolute Gasteiger partial charge is 0.352 e. The lowest BCUT2D eigenvalue weighted by molar-refractivity contribution is -0.0216.